The zero-order valence-electron chi connectivity index (χ0n) is 7.95. The Bertz CT molecular complexity index is 427. The molecule has 0 radical (unpaired) electrons. The third-order valence-electron chi connectivity index (χ3n) is 1.77. The van der Waals surface area contributed by atoms with Crippen LogP contribution in [-0.4, -0.2) is 12.1 Å². The van der Waals surface area contributed by atoms with E-state index in [0.717, 1.165) is 0 Å². The van der Waals surface area contributed by atoms with E-state index < -0.39 is 29.4 Å². The fraction of sp³-hybridized carbons (Fsp3) is 0.222. The Labute approximate surface area is 87.1 Å². The molecule has 88 valence electrons. The quantitative estimate of drug-likeness (QED) is 0.750. The summed E-state index contributed by atoms with van der Waals surface area (Å²) >= 11 is 0. The van der Waals surface area contributed by atoms with Crippen molar-refractivity contribution in [1.29, 1.82) is 0 Å². The van der Waals surface area contributed by atoms with E-state index in [-0.39, 0.29) is 5.56 Å². The molecule has 16 heavy (non-hydrogen) atoms. The summed E-state index contributed by atoms with van der Waals surface area (Å²) in [6.45, 7) is 1.24. The molecule has 0 aromatic heterocycles. The maximum absolute atomic E-state index is 12.7. The van der Waals surface area contributed by atoms with Gasteiger partial charge in [0.05, 0.1) is 0 Å². The number of amides is 1. The number of aryl methyl sites for hydroxylation is 1. The highest BCUT2D eigenvalue weighted by atomic mass is 19.4. The highest BCUT2D eigenvalue weighted by Crippen LogP contribution is 2.22. The number of carbonyl (C=O) groups is 1. The molecule has 2 nitrogen and oxygen atoms in total. The Morgan fingerprint density at radius 2 is 1.69 bits per heavy atom. The number of carbonyl (C=O) groups excluding carboxylic acids is 1. The van der Waals surface area contributed by atoms with E-state index in [1.807, 2.05) is 0 Å². The second-order valence-electron chi connectivity index (χ2n) is 3.03. The van der Waals surface area contributed by atoms with Crippen molar-refractivity contribution in [3.8, 4) is 0 Å². The lowest BCUT2D eigenvalue weighted by molar-refractivity contribution is -0.167. The van der Waals surface area contributed by atoms with Gasteiger partial charge in [0.25, 0.3) is 0 Å². The topological polar surface area (TPSA) is 29.1 Å². The molecule has 1 amide bonds. The summed E-state index contributed by atoms with van der Waals surface area (Å²) in [7, 11) is 0. The van der Waals surface area contributed by atoms with Gasteiger partial charge in [-0.3, -0.25) is 4.79 Å². The number of hydrogen-bond donors (Lipinski definition) is 1. The van der Waals surface area contributed by atoms with Crippen LogP contribution in [0.1, 0.15) is 5.56 Å². The molecule has 0 aliphatic rings. The lowest BCUT2D eigenvalue weighted by Gasteiger charge is -2.10. The molecule has 7 heteroatoms. The van der Waals surface area contributed by atoms with E-state index in [4.69, 9.17) is 0 Å². The third kappa shape index (κ3) is 2.68. The lowest BCUT2D eigenvalue weighted by atomic mass is 10.2. The first-order valence-electron chi connectivity index (χ1n) is 4.05. The largest absolute Gasteiger partial charge is 0.471 e. The molecule has 0 atom stereocenters. The lowest BCUT2D eigenvalue weighted by Crippen LogP contribution is -2.30. The Morgan fingerprint density at radius 1 is 1.19 bits per heavy atom. The maximum atomic E-state index is 12.7. The molecule has 0 saturated heterocycles. The van der Waals surface area contributed by atoms with Crippen LogP contribution < -0.4 is 5.32 Å². The van der Waals surface area contributed by atoms with Crippen molar-refractivity contribution in [2.24, 2.45) is 0 Å². The molecule has 0 saturated carbocycles. The van der Waals surface area contributed by atoms with Crippen molar-refractivity contribution >= 4 is 11.6 Å². The molecule has 0 spiro atoms. The predicted octanol–water partition coefficient (Wildman–Crippen LogP) is 2.77. The first-order valence-corrected chi connectivity index (χ1v) is 4.05. The van der Waals surface area contributed by atoms with Crippen LogP contribution in [0.5, 0.6) is 0 Å². The molecule has 0 aliphatic carbocycles. The van der Waals surface area contributed by atoms with E-state index >= 15 is 0 Å². The van der Waals surface area contributed by atoms with Gasteiger partial charge in [-0.25, -0.2) is 8.78 Å². The van der Waals surface area contributed by atoms with E-state index in [1.54, 1.807) is 0 Å². The fourth-order valence-electron chi connectivity index (χ4n) is 0.974. The molecule has 1 N–H and O–H groups in total. The Balaban J connectivity index is 2.99. The third-order valence-corrected chi connectivity index (χ3v) is 1.77. The fourth-order valence-corrected chi connectivity index (χ4v) is 0.974. The van der Waals surface area contributed by atoms with Crippen molar-refractivity contribution in [3.05, 3.63) is 29.3 Å². The van der Waals surface area contributed by atoms with E-state index in [2.05, 4.69) is 0 Å². The van der Waals surface area contributed by atoms with Gasteiger partial charge in [0.1, 0.15) is 0 Å². The zero-order chi connectivity index (χ0) is 12.5. The van der Waals surface area contributed by atoms with Gasteiger partial charge in [-0.1, -0.05) is 0 Å². The van der Waals surface area contributed by atoms with Gasteiger partial charge in [0, 0.05) is 11.8 Å². The highest BCUT2D eigenvalue weighted by molar-refractivity contribution is 5.95. The van der Waals surface area contributed by atoms with E-state index in [9.17, 15) is 26.7 Å². The van der Waals surface area contributed by atoms with Crippen LogP contribution in [0.4, 0.5) is 27.6 Å². The standard InChI is InChI=1S/C9H6F5NO/c1-4-2-5(10)6(11)3-7(4)15-8(16)9(12,13)14/h2-3H,1H3,(H,15,16). The van der Waals surface area contributed by atoms with Gasteiger partial charge >= 0.3 is 12.1 Å². The van der Waals surface area contributed by atoms with Crippen molar-refractivity contribution in [1.82, 2.24) is 0 Å². The second kappa shape index (κ2) is 4.07. The molecule has 1 rings (SSSR count). The number of halogens is 5. The summed E-state index contributed by atoms with van der Waals surface area (Å²) in [6.07, 6.45) is -5.07. The summed E-state index contributed by atoms with van der Waals surface area (Å²) in [5.74, 6) is -4.76. The summed E-state index contributed by atoms with van der Waals surface area (Å²) in [4.78, 5) is 10.5. The Hall–Kier alpha value is -1.66. The average molecular weight is 239 g/mol. The number of alkyl halides is 3. The monoisotopic (exact) mass is 239 g/mol. The van der Waals surface area contributed by atoms with Crippen molar-refractivity contribution in [2.45, 2.75) is 13.1 Å². The molecule has 0 fully saturated rings. The molecule has 1 aromatic carbocycles. The average Bonchev–Trinajstić information content (AvgIpc) is 2.12. The van der Waals surface area contributed by atoms with Crippen molar-refractivity contribution in [3.63, 3.8) is 0 Å². The minimum atomic E-state index is -5.07. The molecular weight excluding hydrogens is 233 g/mol. The van der Waals surface area contributed by atoms with Gasteiger partial charge in [-0.15, -0.1) is 0 Å². The molecular formula is C9H6F5NO. The number of anilines is 1. The minimum absolute atomic E-state index is 0.00324. The maximum Gasteiger partial charge on any atom is 0.471 e. The first-order chi connectivity index (χ1) is 7.21. The van der Waals surface area contributed by atoms with Crippen LogP contribution in [0.3, 0.4) is 0 Å². The molecule has 0 unspecified atom stereocenters. The van der Waals surface area contributed by atoms with Gasteiger partial charge in [0.2, 0.25) is 0 Å². The molecule has 0 bridgehead atoms. The first kappa shape index (κ1) is 12.4. The highest BCUT2D eigenvalue weighted by Gasteiger charge is 2.38. The SMILES string of the molecule is Cc1cc(F)c(F)cc1NC(=O)C(F)(F)F. The Kier molecular flexibility index (Phi) is 3.16. The number of hydrogen-bond acceptors (Lipinski definition) is 1. The van der Waals surface area contributed by atoms with Crippen LogP contribution in [0.2, 0.25) is 0 Å². The van der Waals surface area contributed by atoms with Gasteiger partial charge in [-0.2, -0.15) is 13.2 Å². The smallest absolute Gasteiger partial charge is 0.318 e. The van der Waals surface area contributed by atoms with Crippen molar-refractivity contribution < 1.29 is 26.7 Å². The summed E-state index contributed by atoms with van der Waals surface area (Å²) in [6, 6.07) is 1.19. The molecule has 0 aliphatic heterocycles. The van der Waals surface area contributed by atoms with E-state index in [1.165, 1.54) is 12.2 Å². The van der Waals surface area contributed by atoms with Gasteiger partial charge in [-0.05, 0) is 18.6 Å². The summed E-state index contributed by atoms with van der Waals surface area (Å²) in [5, 5.41) is 1.45. The second-order valence-corrected chi connectivity index (χ2v) is 3.03. The van der Waals surface area contributed by atoms with Gasteiger partial charge < -0.3 is 5.32 Å². The number of benzene rings is 1. The van der Waals surface area contributed by atoms with Gasteiger partial charge in [0.15, 0.2) is 11.6 Å². The normalized spacial score (nSPS) is 11.4. The number of nitrogens with one attached hydrogen (secondary N) is 1. The minimum Gasteiger partial charge on any atom is -0.318 e. The number of rotatable bonds is 1. The summed E-state index contributed by atoms with van der Waals surface area (Å²) < 4.78 is 60.9. The molecule has 1 aromatic rings. The summed E-state index contributed by atoms with van der Waals surface area (Å²) in [5.41, 5.74) is -0.419. The van der Waals surface area contributed by atoms with E-state index in [0.29, 0.717) is 12.1 Å². The van der Waals surface area contributed by atoms with Crippen LogP contribution in [0.25, 0.3) is 0 Å². The van der Waals surface area contributed by atoms with Crippen LogP contribution in [0.15, 0.2) is 12.1 Å². The van der Waals surface area contributed by atoms with Crippen LogP contribution in [0, 0.1) is 18.6 Å². The van der Waals surface area contributed by atoms with Crippen molar-refractivity contribution in [2.75, 3.05) is 5.32 Å². The Morgan fingerprint density at radius 3 is 2.19 bits per heavy atom. The van der Waals surface area contributed by atoms with Crippen LogP contribution in [-0.2, 0) is 4.79 Å². The van der Waals surface area contributed by atoms with Crippen LogP contribution >= 0.6 is 0 Å². The zero-order valence-corrected chi connectivity index (χ0v) is 7.95. The molecule has 0 heterocycles. The predicted molar refractivity (Wildman–Crippen MR) is 45.8 cm³/mol.